The Labute approximate surface area is 129 Å². The van der Waals surface area contributed by atoms with E-state index in [0.717, 1.165) is 11.1 Å². The monoisotopic (exact) mass is 312 g/mol. The molecule has 2 aromatic rings. The van der Waals surface area contributed by atoms with E-state index < -0.39 is 0 Å². The van der Waals surface area contributed by atoms with E-state index in [4.69, 9.17) is 34.8 Å². The summed E-state index contributed by atoms with van der Waals surface area (Å²) >= 11 is 18.9. The Bertz CT molecular complexity index is 594. The van der Waals surface area contributed by atoms with Crippen LogP contribution in [0.2, 0.25) is 10.0 Å². The molecule has 0 aliphatic heterocycles. The summed E-state index contributed by atoms with van der Waals surface area (Å²) in [5.41, 5.74) is 5.55. The Balaban J connectivity index is 2.56. The number of halogens is 3. The number of alkyl halides is 1. The van der Waals surface area contributed by atoms with Crippen LogP contribution in [0.3, 0.4) is 0 Å². The van der Waals surface area contributed by atoms with E-state index in [1.807, 2.05) is 6.07 Å². The number of aryl methyl sites for hydroxylation is 3. The molecule has 0 saturated carbocycles. The summed E-state index contributed by atoms with van der Waals surface area (Å²) in [5.74, 6) is 0. The Kier molecular flexibility index (Phi) is 4.45. The minimum atomic E-state index is -0.285. The average molecular weight is 314 g/mol. The van der Waals surface area contributed by atoms with Gasteiger partial charge in [-0.05, 0) is 61.2 Å². The minimum absolute atomic E-state index is 0.285. The van der Waals surface area contributed by atoms with E-state index in [1.165, 1.54) is 16.7 Å². The fourth-order valence-electron chi connectivity index (χ4n) is 2.46. The van der Waals surface area contributed by atoms with Gasteiger partial charge in [-0.3, -0.25) is 0 Å². The highest BCUT2D eigenvalue weighted by Crippen LogP contribution is 2.38. The second kappa shape index (κ2) is 5.75. The summed E-state index contributed by atoms with van der Waals surface area (Å²) in [6.07, 6.45) is 0. The predicted molar refractivity (Wildman–Crippen MR) is 84.8 cm³/mol. The zero-order chi connectivity index (χ0) is 14.2. The molecule has 0 spiro atoms. The van der Waals surface area contributed by atoms with E-state index >= 15 is 0 Å². The molecule has 0 heterocycles. The predicted octanol–water partition coefficient (Wildman–Crippen LogP) is 6.25. The van der Waals surface area contributed by atoms with E-state index in [-0.39, 0.29) is 5.38 Å². The van der Waals surface area contributed by atoms with E-state index in [9.17, 15) is 0 Å². The quantitative estimate of drug-likeness (QED) is 0.575. The zero-order valence-electron chi connectivity index (χ0n) is 11.1. The summed E-state index contributed by atoms with van der Waals surface area (Å²) in [7, 11) is 0. The average Bonchev–Trinajstić information content (AvgIpc) is 2.30. The number of hydrogen-bond acceptors (Lipinski definition) is 0. The van der Waals surface area contributed by atoms with E-state index in [1.54, 1.807) is 12.1 Å². The molecule has 1 atom stereocenters. The highest BCUT2D eigenvalue weighted by atomic mass is 35.5. The lowest BCUT2D eigenvalue weighted by Gasteiger charge is -2.18. The van der Waals surface area contributed by atoms with Crippen LogP contribution < -0.4 is 0 Å². The normalized spacial score (nSPS) is 12.5. The van der Waals surface area contributed by atoms with Gasteiger partial charge in [0.15, 0.2) is 0 Å². The fourth-order valence-corrected chi connectivity index (χ4v) is 3.44. The Hall–Kier alpha value is -0.690. The van der Waals surface area contributed by atoms with Crippen molar-refractivity contribution in [2.45, 2.75) is 26.1 Å². The van der Waals surface area contributed by atoms with Crippen LogP contribution in [0.4, 0.5) is 0 Å². The van der Waals surface area contributed by atoms with Crippen molar-refractivity contribution >= 4 is 34.8 Å². The van der Waals surface area contributed by atoms with Gasteiger partial charge in [0.1, 0.15) is 0 Å². The molecule has 1 unspecified atom stereocenters. The highest BCUT2D eigenvalue weighted by Gasteiger charge is 2.19. The van der Waals surface area contributed by atoms with Crippen LogP contribution in [0.15, 0.2) is 30.3 Å². The zero-order valence-corrected chi connectivity index (χ0v) is 13.4. The van der Waals surface area contributed by atoms with Gasteiger partial charge >= 0.3 is 0 Å². The molecule has 0 N–H and O–H groups in total. The summed E-state index contributed by atoms with van der Waals surface area (Å²) in [4.78, 5) is 0. The molecule has 0 nitrogen and oxygen atoms in total. The first-order valence-corrected chi connectivity index (χ1v) is 7.26. The first-order valence-electron chi connectivity index (χ1n) is 6.07. The fraction of sp³-hybridized carbons (Fsp3) is 0.250. The van der Waals surface area contributed by atoms with Crippen LogP contribution in [0.1, 0.15) is 33.2 Å². The minimum Gasteiger partial charge on any atom is -0.113 e. The maximum atomic E-state index is 6.63. The molecule has 2 rings (SSSR count). The molecule has 3 heteroatoms. The maximum absolute atomic E-state index is 6.63. The lowest BCUT2D eigenvalue weighted by Crippen LogP contribution is -2.01. The summed E-state index contributed by atoms with van der Waals surface area (Å²) in [6.45, 7) is 6.23. The van der Waals surface area contributed by atoms with Crippen LogP contribution in [0.25, 0.3) is 0 Å². The highest BCUT2D eigenvalue weighted by molar-refractivity contribution is 6.35. The van der Waals surface area contributed by atoms with Crippen molar-refractivity contribution in [3.05, 3.63) is 68.2 Å². The van der Waals surface area contributed by atoms with Crippen molar-refractivity contribution < 1.29 is 0 Å². The van der Waals surface area contributed by atoms with Crippen LogP contribution in [0.5, 0.6) is 0 Å². The number of rotatable bonds is 2. The van der Waals surface area contributed by atoms with Gasteiger partial charge in [-0.25, -0.2) is 0 Å². The van der Waals surface area contributed by atoms with Crippen molar-refractivity contribution in [2.24, 2.45) is 0 Å². The first kappa shape index (κ1) is 14.7. The van der Waals surface area contributed by atoms with Gasteiger partial charge in [-0.1, -0.05) is 40.9 Å². The molecule has 0 aliphatic rings. The van der Waals surface area contributed by atoms with Gasteiger partial charge in [0.2, 0.25) is 0 Å². The van der Waals surface area contributed by atoms with Gasteiger partial charge < -0.3 is 0 Å². The molecule has 100 valence electrons. The second-order valence-electron chi connectivity index (χ2n) is 4.84. The van der Waals surface area contributed by atoms with Gasteiger partial charge in [-0.15, -0.1) is 11.6 Å². The first-order chi connectivity index (χ1) is 8.90. The lowest BCUT2D eigenvalue weighted by molar-refractivity contribution is 1.07. The van der Waals surface area contributed by atoms with Crippen molar-refractivity contribution in [2.75, 3.05) is 0 Å². The number of hydrogen-bond donors (Lipinski definition) is 0. The Morgan fingerprint density at radius 3 is 2.05 bits per heavy atom. The largest absolute Gasteiger partial charge is 0.113 e. The molecule has 0 bridgehead atoms. The Morgan fingerprint density at radius 2 is 1.47 bits per heavy atom. The third-order valence-corrected chi connectivity index (χ3v) is 4.26. The molecule has 0 radical (unpaired) electrons. The SMILES string of the molecule is Cc1cc(C)c(C(Cl)c2cc(Cl)ccc2Cl)c(C)c1. The molecule has 0 aliphatic carbocycles. The molecular weight excluding hydrogens is 299 g/mol. The van der Waals surface area contributed by atoms with Gasteiger partial charge in [0.05, 0.1) is 5.38 Å². The van der Waals surface area contributed by atoms with E-state index in [2.05, 4.69) is 32.9 Å². The summed E-state index contributed by atoms with van der Waals surface area (Å²) in [6, 6.07) is 9.66. The summed E-state index contributed by atoms with van der Waals surface area (Å²) < 4.78 is 0. The Morgan fingerprint density at radius 1 is 0.895 bits per heavy atom. The van der Waals surface area contributed by atoms with Crippen molar-refractivity contribution in [3.63, 3.8) is 0 Å². The van der Waals surface area contributed by atoms with E-state index in [0.29, 0.717) is 10.0 Å². The summed E-state index contributed by atoms with van der Waals surface area (Å²) in [5, 5.41) is 1.00. The van der Waals surface area contributed by atoms with Crippen molar-refractivity contribution in [1.29, 1.82) is 0 Å². The smallest absolute Gasteiger partial charge is 0.0855 e. The van der Waals surface area contributed by atoms with Gasteiger partial charge in [0, 0.05) is 10.0 Å². The molecule has 0 fully saturated rings. The topological polar surface area (TPSA) is 0 Å². The molecule has 0 aromatic heterocycles. The van der Waals surface area contributed by atoms with Gasteiger partial charge in [-0.2, -0.15) is 0 Å². The lowest BCUT2D eigenvalue weighted by atomic mass is 9.94. The molecule has 0 saturated heterocycles. The van der Waals surface area contributed by atoms with Crippen molar-refractivity contribution in [3.8, 4) is 0 Å². The van der Waals surface area contributed by atoms with Crippen LogP contribution >= 0.6 is 34.8 Å². The third-order valence-electron chi connectivity index (χ3n) is 3.22. The molecule has 19 heavy (non-hydrogen) atoms. The number of benzene rings is 2. The van der Waals surface area contributed by atoms with Crippen LogP contribution in [0, 0.1) is 20.8 Å². The van der Waals surface area contributed by atoms with Gasteiger partial charge in [0.25, 0.3) is 0 Å². The third kappa shape index (κ3) is 3.08. The molecule has 2 aromatic carbocycles. The molecular formula is C16H15Cl3. The molecule has 0 amide bonds. The standard InChI is InChI=1S/C16H15Cl3/c1-9-6-10(2)15(11(3)7-9)16(19)13-8-12(17)4-5-14(13)18/h4-8,16H,1-3H3. The van der Waals surface area contributed by atoms with Crippen molar-refractivity contribution in [1.82, 2.24) is 0 Å². The second-order valence-corrected chi connectivity index (χ2v) is 6.12. The maximum Gasteiger partial charge on any atom is 0.0855 e. The van der Waals surface area contributed by atoms with Crippen LogP contribution in [-0.2, 0) is 0 Å². The van der Waals surface area contributed by atoms with Crippen LogP contribution in [-0.4, -0.2) is 0 Å².